The molecular formula is C82H121N11O26S3. The summed E-state index contributed by atoms with van der Waals surface area (Å²) >= 11 is 1.35. The highest BCUT2D eigenvalue weighted by molar-refractivity contribution is 8.76. The number of urea groups is 2. The number of thiazole rings is 1. The van der Waals surface area contributed by atoms with Crippen LogP contribution in [-0.2, 0) is 101 Å². The summed E-state index contributed by atoms with van der Waals surface area (Å²) in [7, 11) is 5.90. The van der Waals surface area contributed by atoms with Crippen LogP contribution in [0.2, 0.25) is 0 Å². The van der Waals surface area contributed by atoms with E-state index in [0.29, 0.717) is 73.4 Å². The molecule has 2 aromatic carbocycles. The number of likely N-dealkylation sites (tertiary alicyclic amines) is 1. The fraction of sp³-hybridized carbons (Fsp3) is 0.610. The number of benzene rings is 2. The van der Waals surface area contributed by atoms with E-state index in [-0.39, 0.29) is 154 Å². The summed E-state index contributed by atoms with van der Waals surface area (Å²) in [5.74, 6) is -13.0. The number of aromatic hydroxyl groups is 1. The van der Waals surface area contributed by atoms with Gasteiger partial charge in [0.15, 0.2) is 18.3 Å². The van der Waals surface area contributed by atoms with Crippen molar-refractivity contribution in [1.29, 1.82) is 0 Å². The van der Waals surface area contributed by atoms with Gasteiger partial charge in [-0.25, -0.2) is 24.2 Å². The Morgan fingerprint density at radius 2 is 1.31 bits per heavy atom. The SMILES string of the molecule is CCCC(=O)OCN(C(=O)[C@@H](CC(=O)[C@H]1CCCCN1C)C(C)CC)[C@H](C[C@@H](C)c1nc(C(=O)N[C@@H](Cc2ccc(O)cc2)C[C@H](C)C(=O)NCC(C)=O)cs1)C(C)C.COCCSSC[C@H](NC(=O)[C@H](CC(=O)O)CC(=O)[C@H](CC(=O)O)NC(=O)Cc1ccc(CNC(=O)NCCCC[C@H](NC(=O)NCCCC(=O)O)C(=O)O)cc1)C(=O)O.O=C=O. The highest BCUT2D eigenvalue weighted by Crippen LogP contribution is 2.33. The molecule has 1 aromatic heterocycles. The van der Waals surface area contributed by atoms with Crippen LogP contribution in [-0.4, -0.2) is 248 Å². The predicted molar refractivity (Wildman–Crippen MR) is 450 cm³/mol. The number of aliphatic carboxylic acids is 5. The molecule has 0 saturated carbocycles. The average Bonchev–Trinajstić information content (AvgIpc) is 1.59. The fourth-order valence-corrected chi connectivity index (χ4v) is 15.7. The first-order chi connectivity index (χ1) is 57.8. The van der Waals surface area contributed by atoms with Crippen LogP contribution in [0, 0.1) is 29.6 Å². The fourth-order valence-electron chi connectivity index (χ4n) is 12.8. The molecule has 1 aliphatic rings. The Balaban J connectivity index is 0.000000801. The largest absolute Gasteiger partial charge is 0.508 e. The van der Waals surface area contributed by atoms with Crippen molar-refractivity contribution in [2.75, 3.05) is 65.2 Å². The second-order valence-electron chi connectivity index (χ2n) is 30.1. The van der Waals surface area contributed by atoms with Crippen molar-refractivity contribution in [3.05, 3.63) is 81.3 Å². The summed E-state index contributed by atoms with van der Waals surface area (Å²) in [6.45, 7) is 16.5. The summed E-state index contributed by atoms with van der Waals surface area (Å²) in [4.78, 5) is 224. The lowest BCUT2D eigenvalue weighted by atomic mass is 9.82. The number of carbonyl (C=O) groups excluding carboxylic acids is 13. The van der Waals surface area contributed by atoms with Crippen LogP contribution in [0.25, 0.3) is 0 Å². The Morgan fingerprint density at radius 1 is 0.680 bits per heavy atom. The Hall–Kier alpha value is -10.4. The molecule has 9 amide bonds. The van der Waals surface area contributed by atoms with E-state index in [1.807, 2.05) is 48.6 Å². The molecule has 0 spiro atoms. The maximum atomic E-state index is 14.8. The van der Waals surface area contributed by atoms with E-state index in [0.717, 1.165) is 42.2 Å². The van der Waals surface area contributed by atoms with E-state index >= 15 is 0 Å². The van der Waals surface area contributed by atoms with Gasteiger partial charge in [0.2, 0.25) is 23.6 Å². The van der Waals surface area contributed by atoms with Gasteiger partial charge in [-0.3, -0.25) is 62.4 Å². The van der Waals surface area contributed by atoms with Gasteiger partial charge in [0, 0.05) is 99.2 Å². The maximum Gasteiger partial charge on any atom is 0.373 e. The van der Waals surface area contributed by atoms with Crippen LogP contribution in [0.4, 0.5) is 9.59 Å². The number of carboxylic acids is 5. The number of hydrogen-bond acceptors (Lipinski definition) is 26. The number of ketones is 3. The van der Waals surface area contributed by atoms with Gasteiger partial charge in [-0.05, 0) is 125 Å². The number of carbonyl (C=O) groups is 16. The number of nitrogens with one attached hydrogen (secondary N) is 8. The number of phenols is 1. The minimum absolute atomic E-state index is 0.0398. The van der Waals surface area contributed by atoms with E-state index < -0.39 is 127 Å². The number of esters is 1. The van der Waals surface area contributed by atoms with Gasteiger partial charge < -0.3 is 87.5 Å². The molecule has 1 aliphatic heterocycles. The number of carboxylic acid groups (broad SMARTS) is 5. The summed E-state index contributed by atoms with van der Waals surface area (Å²) in [5, 5.41) is 78.7. The molecule has 1 fully saturated rings. The number of hydrogen-bond donors (Lipinski definition) is 14. The third-order valence-corrected chi connectivity index (χ3v) is 23.2. The number of likely N-dealkylation sites (N-methyl/N-ethyl adjacent to an activating group) is 1. The van der Waals surface area contributed by atoms with Gasteiger partial charge in [-0.15, -0.1) is 11.3 Å². The highest BCUT2D eigenvalue weighted by Gasteiger charge is 2.40. The molecule has 1 saturated heterocycles. The molecule has 2 heterocycles. The first-order valence-corrected chi connectivity index (χ1v) is 43.7. The number of piperidine rings is 1. The molecule has 14 N–H and O–H groups in total. The van der Waals surface area contributed by atoms with Gasteiger partial charge in [-0.1, -0.05) is 119 Å². The van der Waals surface area contributed by atoms with Gasteiger partial charge in [0.25, 0.3) is 5.91 Å². The second-order valence-corrected chi connectivity index (χ2v) is 33.6. The quantitative estimate of drug-likeness (QED) is 0.0124. The summed E-state index contributed by atoms with van der Waals surface area (Å²) < 4.78 is 10.6. The van der Waals surface area contributed by atoms with E-state index in [1.165, 1.54) is 36.2 Å². The van der Waals surface area contributed by atoms with Gasteiger partial charge in [-0.2, -0.15) is 9.59 Å². The van der Waals surface area contributed by atoms with E-state index in [2.05, 4.69) is 47.4 Å². The monoisotopic (exact) mass is 1770 g/mol. The first kappa shape index (κ1) is 108. The maximum absolute atomic E-state index is 14.8. The Labute approximate surface area is 721 Å². The molecule has 4 rings (SSSR count). The van der Waals surface area contributed by atoms with Crippen LogP contribution >= 0.6 is 32.9 Å². The molecule has 0 aliphatic carbocycles. The normalized spacial score (nSPS) is 14.8. The predicted octanol–water partition coefficient (Wildman–Crippen LogP) is 6.51. The Kier molecular flexibility index (Phi) is 52.4. The zero-order valence-electron chi connectivity index (χ0n) is 70.8. The number of nitrogens with zero attached hydrogens (tertiary/aromatic N) is 3. The van der Waals surface area contributed by atoms with Crippen LogP contribution in [0.5, 0.6) is 5.75 Å². The molecule has 678 valence electrons. The number of amides is 9. The van der Waals surface area contributed by atoms with Crippen molar-refractivity contribution in [3.63, 3.8) is 0 Å². The lowest BCUT2D eigenvalue weighted by Gasteiger charge is -2.39. The van der Waals surface area contributed by atoms with Crippen molar-refractivity contribution in [2.24, 2.45) is 29.6 Å². The molecule has 122 heavy (non-hydrogen) atoms. The molecule has 0 radical (unpaired) electrons. The molecule has 3 aromatic rings. The van der Waals surface area contributed by atoms with Crippen molar-refractivity contribution >= 4 is 134 Å². The number of ether oxygens (including phenoxy) is 2. The molecule has 11 atom stereocenters. The molecule has 40 heteroatoms. The van der Waals surface area contributed by atoms with E-state index in [1.54, 1.807) is 65.7 Å². The zero-order valence-corrected chi connectivity index (χ0v) is 73.3. The standard InChI is InChI=1S/C45H69N5O8S.C36H52N6O16S2.CO2/c1-10-14-41(54)58-27-50(45(57)36(29(5)11-2)24-40(53)38-15-12-13-20-49(38)9)39(28(3)4)22-31(7)44-48-37(26-59-44)43(56)47-34(23-33-16-18-35(52)19-17-33)21-30(6)42(55)46-25-32(8)51;1-58-13-14-59-60-20-26(34(54)55)41-32(51)23(17-30(47)48)16-27(43)25(18-31(49)50)40-28(44)15-21-7-9-22(10-8-21)19-39-35(56)37-11-3-2-5-24(33(52)53)42-36(57)38-12-4-6-29(45)46;2-1-3/h16-19,26,28-31,34,36,38-39,52H,10-15,20-25,27H2,1-9H3,(H,46,55)(H,47,56);7-10,23-26H,2-6,11-20H2,1H3,(H,40,44)(H,41,51)(H,45,46)(H,47,48)(H,49,50)(H,52,53)(H,54,55)(H2,37,39,56)(H2,38,42,57);/t29?,30-,31+,34+,36-,38+,39+;23-,24-,25-,26-;/m00./s1. The number of Topliss-reactive ketones (excluding diaryl/α,β-unsaturated/α-hetero) is 3. The number of aromatic nitrogens is 1. The number of methoxy groups -OCH3 is 1. The lowest BCUT2D eigenvalue weighted by Crippen LogP contribution is -2.50. The third kappa shape index (κ3) is 43.9. The molecule has 1 unspecified atom stereocenters. The van der Waals surface area contributed by atoms with Crippen LogP contribution in [0.15, 0.2) is 53.9 Å². The Bertz CT molecular complexity index is 3920. The summed E-state index contributed by atoms with van der Waals surface area (Å²) in [5.41, 5.74) is 2.18. The number of rotatable bonds is 56. The number of phenolic OH excluding ortho intramolecular Hbond substituents is 1. The molecule has 37 nitrogen and oxygen atoms in total. The van der Waals surface area contributed by atoms with E-state index in [4.69, 9.17) is 29.2 Å². The van der Waals surface area contributed by atoms with Crippen molar-refractivity contribution in [1.82, 2.24) is 57.3 Å². The van der Waals surface area contributed by atoms with Crippen LogP contribution in [0.1, 0.15) is 203 Å². The van der Waals surface area contributed by atoms with Crippen molar-refractivity contribution < 1.29 is 126 Å². The molecular weight excluding hydrogens is 1650 g/mol. The third-order valence-electron chi connectivity index (χ3n) is 19.8. The average molecular weight is 1770 g/mol. The van der Waals surface area contributed by atoms with Gasteiger partial charge in [0.05, 0.1) is 55.4 Å². The second kappa shape index (κ2) is 59.4. The summed E-state index contributed by atoms with van der Waals surface area (Å²) in [6, 6.07) is 6.49. The number of unbranched alkanes of at least 4 members (excludes halogenated alkanes) is 1. The molecule has 0 bridgehead atoms. The van der Waals surface area contributed by atoms with Crippen LogP contribution in [0.3, 0.4) is 0 Å². The zero-order chi connectivity index (χ0) is 91.6. The topological polar surface area (TPSA) is 563 Å². The van der Waals surface area contributed by atoms with Gasteiger partial charge in [0.1, 0.15) is 29.3 Å². The minimum Gasteiger partial charge on any atom is -0.508 e. The van der Waals surface area contributed by atoms with Crippen molar-refractivity contribution in [3.8, 4) is 5.75 Å². The summed E-state index contributed by atoms with van der Waals surface area (Å²) in [6.07, 6.45) is 3.97. The van der Waals surface area contributed by atoms with Crippen LogP contribution < -0.4 is 42.5 Å². The van der Waals surface area contributed by atoms with Gasteiger partial charge >= 0.3 is 54.0 Å². The Morgan fingerprint density at radius 3 is 1.90 bits per heavy atom. The highest BCUT2D eigenvalue weighted by atomic mass is 33.1. The lowest BCUT2D eigenvalue weighted by molar-refractivity contribution is -0.192. The first-order valence-electron chi connectivity index (χ1n) is 40.4. The minimum atomic E-state index is -1.63. The smallest absolute Gasteiger partial charge is 0.373 e. The van der Waals surface area contributed by atoms with E-state index in [9.17, 15) is 102 Å². The van der Waals surface area contributed by atoms with Crippen molar-refractivity contribution in [2.45, 2.75) is 226 Å².